The molecule has 0 radical (unpaired) electrons. The van der Waals surface area contributed by atoms with Crippen molar-refractivity contribution < 1.29 is 13.9 Å². The number of carbonyl (C=O) groups excluding carboxylic acids is 1. The maximum Gasteiger partial charge on any atom is 0.316 e. The van der Waals surface area contributed by atoms with E-state index in [1.807, 2.05) is 0 Å². The smallest absolute Gasteiger partial charge is 0.316 e. The van der Waals surface area contributed by atoms with Gasteiger partial charge in [-0.3, -0.25) is 0 Å². The number of nitrogens with zero attached hydrogens (tertiary/aromatic N) is 1. The summed E-state index contributed by atoms with van der Waals surface area (Å²) in [5.41, 5.74) is 5.00. The fourth-order valence-electron chi connectivity index (χ4n) is 0.786. The average molecular weight is 185 g/mol. The number of anilines is 1. The lowest BCUT2D eigenvalue weighted by atomic mass is 10.4. The van der Waals surface area contributed by atoms with E-state index in [0.29, 0.717) is 0 Å². The van der Waals surface area contributed by atoms with E-state index in [9.17, 15) is 9.18 Å². The minimum Gasteiger partial charge on any atom is -0.479 e. The number of carbonyl (C=O) groups is 1. The summed E-state index contributed by atoms with van der Waals surface area (Å²) in [7, 11) is 1.30. The number of halogens is 1. The maximum absolute atomic E-state index is 12.9. The van der Waals surface area contributed by atoms with E-state index in [1.54, 1.807) is 0 Å². The largest absolute Gasteiger partial charge is 0.479 e. The standard InChI is InChI=1S/C7H8FN3O2/c1-13-6-5(8)2-4(3-10-6)11-7(9)12/h2-3H,1H3,(H3,9,11,12). The van der Waals surface area contributed by atoms with Crippen LogP contribution in [0.5, 0.6) is 5.88 Å². The fourth-order valence-corrected chi connectivity index (χ4v) is 0.786. The first kappa shape index (κ1) is 9.24. The highest BCUT2D eigenvalue weighted by molar-refractivity contribution is 5.87. The Balaban J connectivity index is 2.89. The molecule has 0 aliphatic rings. The third-order valence-corrected chi connectivity index (χ3v) is 1.27. The van der Waals surface area contributed by atoms with E-state index >= 15 is 0 Å². The predicted molar refractivity (Wildman–Crippen MR) is 44.0 cm³/mol. The van der Waals surface area contributed by atoms with Crippen LogP contribution in [0.2, 0.25) is 0 Å². The predicted octanol–water partition coefficient (Wildman–Crippen LogP) is 0.720. The van der Waals surface area contributed by atoms with Crippen molar-refractivity contribution in [2.75, 3.05) is 12.4 Å². The Bertz CT molecular complexity index is 330. The summed E-state index contributed by atoms with van der Waals surface area (Å²) < 4.78 is 17.5. The molecule has 0 aliphatic heterocycles. The monoisotopic (exact) mass is 185 g/mol. The van der Waals surface area contributed by atoms with E-state index in [4.69, 9.17) is 5.73 Å². The van der Waals surface area contributed by atoms with Crippen molar-refractivity contribution in [1.29, 1.82) is 0 Å². The number of hydrogen-bond donors (Lipinski definition) is 2. The van der Waals surface area contributed by atoms with Gasteiger partial charge in [0.1, 0.15) is 0 Å². The number of nitrogens with one attached hydrogen (secondary N) is 1. The molecule has 1 aromatic rings. The van der Waals surface area contributed by atoms with Crippen LogP contribution in [0.4, 0.5) is 14.9 Å². The highest BCUT2D eigenvalue weighted by Crippen LogP contribution is 2.16. The normalized spacial score (nSPS) is 9.38. The molecule has 0 fully saturated rings. The number of aromatic nitrogens is 1. The van der Waals surface area contributed by atoms with E-state index in [1.165, 1.54) is 13.3 Å². The zero-order valence-corrected chi connectivity index (χ0v) is 6.87. The number of urea groups is 1. The third kappa shape index (κ3) is 2.29. The minimum absolute atomic E-state index is 0.130. The Morgan fingerprint density at radius 2 is 2.46 bits per heavy atom. The molecule has 70 valence electrons. The summed E-state index contributed by atoms with van der Waals surface area (Å²) in [5.74, 6) is -0.788. The van der Waals surface area contributed by atoms with Gasteiger partial charge in [-0.15, -0.1) is 0 Å². The molecule has 3 N–H and O–H groups in total. The Morgan fingerprint density at radius 3 is 2.92 bits per heavy atom. The molecule has 1 aromatic heterocycles. The van der Waals surface area contributed by atoms with Crippen LogP contribution in [0.3, 0.4) is 0 Å². The summed E-state index contributed by atoms with van der Waals surface area (Å²) in [4.78, 5) is 13.9. The van der Waals surface area contributed by atoms with Crippen molar-refractivity contribution in [3.8, 4) is 5.88 Å². The molecular weight excluding hydrogens is 177 g/mol. The van der Waals surface area contributed by atoms with Gasteiger partial charge in [0.05, 0.1) is 19.0 Å². The molecule has 0 aliphatic carbocycles. The lowest BCUT2D eigenvalue weighted by Crippen LogP contribution is -2.19. The number of nitrogens with two attached hydrogens (primary N) is 1. The minimum atomic E-state index is -0.772. The van der Waals surface area contributed by atoms with Crippen LogP contribution in [0.25, 0.3) is 0 Å². The molecule has 0 bridgehead atoms. The maximum atomic E-state index is 12.9. The van der Waals surface area contributed by atoms with Crippen LogP contribution in [0, 0.1) is 5.82 Å². The highest BCUT2D eigenvalue weighted by atomic mass is 19.1. The average Bonchev–Trinajstić information content (AvgIpc) is 2.03. The highest BCUT2D eigenvalue weighted by Gasteiger charge is 2.05. The second-order valence-corrected chi connectivity index (χ2v) is 2.20. The van der Waals surface area contributed by atoms with Gasteiger partial charge in [0, 0.05) is 6.07 Å². The number of primary amides is 1. The van der Waals surface area contributed by atoms with Crippen molar-refractivity contribution in [2.24, 2.45) is 5.73 Å². The molecule has 2 amide bonds. The lowest BCUT2D eigenvalue weighted by Gasteiger charge is -2.03. The molecular formula is C7H8FN3O2. The summed E-state index contributed by atoms with van der Waals surface area (Å²) in [6.07, 6.45) is 1.24. The molecule has 0 saturated heterocycles. The van der Waals surface area contributed by atoms with E-state index in [0.717, 1.165) is 6.07 Å². The van der Waals surface area contributed by atoms with Gasteiger partial charge >= 0.3 is 6.03 Å². The Hall–Kier alpha value is -1.85. The molecule has 1 rings (SSSR count). The molecule has 5 nitrogen and oxygen atoms in total. The number of hydrogen-bond acceptors (Lipinski definition) is 3. The van der Waals surface area contributed by atoms with Crippen LogP contribution in [-0.2, 0) is 0 Å². The summed E-state index contributed by atoms with van der Waals surface area (Å²) in [6, 6.07) is 0.294. The van der Waals surface area contributed by atoms with Gasteiger partial charge in [-0.05, 0) is 0 Å². The number of ether oxygens (including phenoxy) is 1. The van der Waals surface area contributed by atoms with Gasteiger partial charge in [0.2, 0.25) is 5.88 Å². The summed E-state index contributed by atoms with van der Waals surface area (Å²) in [5, 5.41) is 2.18. The van der Waals surface area contributed by atoms with Gasteiger partial charge < -0.3 is 15.8 Å². The second-order valence-electron chi connectivity index (χ2n) is 2.20. The molecule has 0 unspecified atom stereocenters. The molecule has 13 heavy (non-hydrogen) atoms. The van der Waals surface area contributed by atoms with Crippen LogP contribution >= 0.6 is 0 Å². The van der Waals surface area contributed by atoms with Crippen molar-refractivity contribution in [3.63, 3.8) is 0 Å². The van der Waals surface area contributed by atoms with Crippen LogP contribution in [0.15, 0.2) is 12.3 Å². The van der Waals surface area contributed by atoms with Gasteiger partial charge in [-0.2, -0.15) is 0 Å². The first-order valence-corrected chi connectivity index (χ1v) is 3.39. The van der Waals surface area contributed by atoms with Crippen LogP contribution in [-0.4, -0.2) is 18.1 Å². The third-order valence-electron chi connectivity index (χ3n) is 1.27. The molecule has 0 atom stereocenters. The Kier molecular flexibility index (Phi) is 2.63. The number of amides is 2. The van der Waals surface area contributed by atoms with E-state index < -0.39 is 11.8 Å². The molecule has 0 saturated carbocycles. The van der Waals surface area contributed by atoms with Gasteiger partial charge in [0.25, 0.3) is 0 Å². The van der Waals surface area contributed by atoms with Gasteiger partial charge in [-0.25, -0.2) is 14.2 Å². The van der Waals surface area contributed by atoms with E-state index in [2.05, 4.69) is 15.0 Å². The molecule has 6 heteroatoms. The van der Waals surface area contributed by atoms with Crippen LogP contribution in [0.1, 0.15) is 0 Å². The Morgan fingerprint density at radius 1 is 1.77 bits per heavy atom. The van der Waals surface area contributed by atoms with Gasteiger partial charge in [-0.1, -0.05) is 0 Å². The number of pyridine rings is 1. The van der Waals surface area contributed by atoms with Crippen LogP contribution < -0.4 is 15.8 Å². The number of rotatable bonds is 2. The van der Waals surface area contributed by atoms with E-state index in [-0.39, 0.29) is 11.6 Å². The summed E-state index contributed by atoms with van der Waals surface area (Å²) in [6.45, 7) is 0. The molecule has 1 heterocycles. The zero-order valence-electron chi connectivity index (χ0n) is 6.87. The Labute approximate surface area is 73.7 Å². The van der Waals surface area contributed by atoms with Gasteiger partial charge in [0.15, 0.2) is 5.82 Å². The summed E-state index contributed by atoms with van der Waals surface area (Å²) >= 11 is 0. The first-order valence-electron chi connectivity index (χ1n) is 3.39. The molecule has 0 spiro atoms. The number of methoxy groups -OCH3 is 1. The van der Waals surface area contributed by atoms with Crippen molar-refractivity contribution in [3.05, 3.63) is 18.1 Å². The molecule has 0 aromatic carbocycles. The topological polar surface area (TPSA) is 77.2 Å². The zero-order chi connectivity index (χ0) is 9.84. The van der Waals surface area contributed by atoms with Crippen molar-refractivity contribution >= 4 is 11.7 Å². The lowest BCUT2D eigenvalue weighted by molar-refractivity contribution is 0.259. The van der Waals surface area contributed by atoms with Crippen molar-refractivity contribution in [2.45, 2.75) is 0 Å². The SMILES string of the molecule is COc1ncc(NC(N)=O)cc1F. The fraction of sp³-hybridized carbons (Fsp3) is 0.143. The first-order chi connectivity index (χ1) is 6.13. The quantitative estimate of drug-likeness (QED) is 0.712. The second kappa shape index (κ2) is 3.70. The van der Waals surface area contributed by atoms with Crippen molar-refractivity contribution in [1.82, 2.24) is 4.98 Å².